The van der Waals surface area contributed by atoms with Gasteiger partial charge in [0.2, 0.25) is 0 Å². The summed E-state index contributed by atoms with van der Waals surface area (Å²) in [4.78, 5) is 16.6. The monoisotopic (exact) mass is 281 g/mol. The number of nitrogens with zero attached hydrogens (tertiary/aromatic N) is 1. The summed E-state index contributed by atoms with van der Waals surface area (Å²) in [5.41, 5.74) is 2.68. The lowest BCUT2D eigenvalue weighted by atomic mass is 10.1. The van der Waals surface area contributed by atoms with Crippen LogP contribution in [0.3, 0.4) is 0 Å². The minimum atomic E-state index is 0.0759. The highest BCUT2D eigenvalue weighted by molar-refractivity contribution is 6.09. The highest BCUT2D eigenvalue weighted by Crippen LogP contribution is 2.13. The first-order valence-corrected chi connectivity index (χ1v) is 6.90. The number of rotatable bonds is 6. The molecular weight excluding hydrogens is 262 g/mol. The minimum Gasteiger partial charge on any atom is -0.497 e. The Hall–Kier alpha value is -2.42. The second-order valence-corrected chi connectivity index (χ2v) is 4.87. The van der Waals surface area contributed by atoms with E-state index in [1.54, 1.807) is 31.4 Å². The van der Waals surface area contributed by atoms with Gasteiger partial charge in [0.15, 0.2) is 5.78 Å². The van der Waals surface area contributed by atoms with Gasteiger partial charge in [0.1, 0.15) is 5.75 Å². The Morgan fingerprint density at radius 3 is 2.33 bits per heavy atom. The van der Waals surface area contributed by atoms with Gasteiger partial charge in [0.25, 0.3) is 0 Å². The summed E-state index contributed by atoms with van der Waals surface area (Å²) in [6.45, 7) is 2.51. The van der Waals surface area contributed by atoms with Gasteiger partial charge in [-0.15, -0.1) is 0 Å². The Morgan fingerprint density at radius 2 is 1.71 bits per heavy atom. The molecule has 2 rings (SSSR count). The van der Waals surface area contributed by atoms with Crippen LogP contribution in [0.4, 0.5) is 0 Å². The summed E-state index contributed by atoms with van der Waals surface area (Å²) in [6, 6.07) is 17.2. The fourth-order valence-electron chi connectivity index (χ4n) is 1.98. The Kier molecular flexibility index (Phi) is 5.27. The van der Waals surface area contributed by atoms with Crippen molar-refractivity contribution in [3.8, 4) is 5.75 Å². The third kappa shape index (κ3) is 4.56. The molecule has 0 spiro atoms. The Labute approximate surface area is 125 Å². The quantitative estimate of drug-likeness (QED) is 0.594. The second-order valence-electron chi connectivity index (χ2n) is 4.87. The normalized spacial score (nSPS) is 11.2. The Morgan fingerprint density at radius 1 is 1.05 bits per heavy atom. The summed E-state index contributed by atoms with van der Waals surface area (Å²) in [7, 11) is 1.61. The van der Waals surface area contributed by atoms with Gasteiger partial charge in [-0.2, -0.15) is 0 Å². The molecule has 108 valence electrons. The summed E-state index contributed by atoms with van der Waals surface area (Å²) in [6.07, 6.45) is 0.346. The molecule has 3 heteroatoms. The van der Waals surface area contributed by atoms with Crippen LogP contribution in [0.25, 0.3) is 0 Å². The maximum absolute atomic E-state index is 12.1. The van der Waals surface area contributed by atoms with Gasteiger partial charge < -0.3 is 4.74 Å². The number of carbonyl (C=O) groups excluding carboxylic acids is 1. The van der Waals surface area contributed by atoms with Gasteiger partial charge >= 0.3 is 0 Å². The van der Waals surface area contributed by atoms with E-state index in [4.69, 9.17) is 4.74 Å². The van der Waals surface area contributed by atoms with Crippen molar-refractivity contribution in [3.05, 3.63) is 65.7 Å². The van der Waals surface area contributed by atoms with E-state index >= 15 is 0 Å². The van der Waals surface area contributed by atoms with Gasteiger partial charge in [0, 0.05) is 17.7 Å². The number of ether oxygens (including phenoxy) is 1. The van der Waals surface area contributed by atoms with E-state index in [9.17, 15) is 4.79 Å². The molecule has 0 aliphatic rings. The van der Waals surface area contributed by atoms with Crippen LogP contribution >= 0.6 is 0 Å². The van der Waals surface area contributed by atoms with Crippen molar-refractivity contribution in [2.75, 3.05) is 7.11 Å². The molecule has 0 saturated carbocycles. The average Bonchev–Trinajstić information content (AvgIpc) is 2.54. The first-order chi connectivity index (χ1) is 10.2. The van der Waals surface area contributed by atoms with E-state index in [2.05, 4.69) is 4.99 Å². The fraction of sp³-hybridized carbons (Fsp3) is 0.222. The molecule has 0 unspecified atom stereocenters. The number of ketones is 1. The lowest BCUT2D eigenvalue weighted by molar-refractivity contribution is 0.100. The van der Waals surface area contributed by atoms with Crippen molar-refractivity contribution in [2.45, 2.75) is 19.9 Å². The molecule has 21 heavy (non-hydrogen) atoms. The summed E-state index contributed by atoms with van der Waals surface area (Å²) >= 11 is 0. The molecule has 0 fully saturated rings. The van der Waals surface area contributed by atoms with Crippen molar-refractivity contribution in [1.82, 2.24) is 0 Å². The predicted octanol–water partition coefficient (Wildman–Crippen LogP) is 3.93. The number of methoxy groups -OCH3 is 1. The maximum Gasteiger partial charge on any atom is 0.168 e. The standard InChI is InChI=1S/C18H19NO2/c1-14(19-13-15-6-4-3-5-7-15)12-18(20)16-8-10-17(21-2)11-9-16/h3-11H,12-13H2,1-2H3. The van der Waals surface area contributed by atoms with Gasteiger partial charge in [-0.1, -0.05) is 30.3 Å². The van der Waals surface area contributed by atoms with Gasteiger partial charge in [-0.25, -0.2) is 0 Å². The van der Waals surface area contributed by atoms with Crippen molar-refractivity contribution in [1.29, 1.82) is 0 Å². The number of Topliss-reactive ketones (excluding diaryl/α,β-unsaturated/α-hetero) is 1. The molecule has 0 radical (unpaired) electrons. The smallest absolute Gasteiger partial charge is 0.168 e. The number of aliphatic imine (C=N–C) groups is 1. The number of hydrogen-bond acceptors (Lipinski definition) is 3. The molecule has 0 aliphatic carbocycles. The van der Waals surface area contributed by atoms with Gasteiger partial charge in [0.05, 0.1) is 13.7 Å². The minimum absolute atomic E-state index is 0.0759. The van der Waals surface area contributed by atoms with Gasteiger partial charge in [-0.05, 0) is 36.8 Å². The average molecular weight is 281 g/mol. The van der Waals surface area contributed by atoms with Crippen LogP contribution in [0.15, 0.2) is 59.6 Å². The Bertz CT molecular complexity index is 615. The highest BCUT2D eigenvalue weighted by Gasteiger charge is 2.07. The largest absolute Gasteiger partial charge is 0.497 e. The third-order valence-corrected chi connectivity index (χ3v) is 3.20. The summed E-state index contributed by atoms with van der Waals surface area (Å²) < 4.78 is 5.08. The molecular formula is C18H19NO2. The van der Waals surface area contributed by atoms with Crippen molar-refractivity contribution >= 4 is 11.5 Å². The van der Waals surface area contributed by atoms with Crippen LogP contribution in [0, 0.1) is 0 Å². The van der Waals surface area contributed by atoms with Crippen molar-refractivity contribution in [2.24, 2.45) is 4.99 Å². The molecule has 0 amide bonds. The SMILES string of the molecule is COc1ccc(C(=O)CC(C)=NCc2ccccc2)cc1. The van der Waals surface area contributed by atoms with Crippen LogP contribution in [-0.4, -0.2) is 18.6 Å². The fourth-order valence-corrected chi connectivity index (χ4v) is 1.98. The van der Waals surface area contributed by atoms with Crippen LogP contribution < -0.4 is 4.74 Å². The topological polar surface area (TPSA) is 38.7 Å². The zero-order valence-electron chi connectivity index (χ0n) is 12.4. The summed E-state index contributed by atoms with van der Waals surface area (Å²) in [5, 5.41) is 0. The predicted molar refractivity (Wildman–Crippen MR) is 85.2 cm³/mol. The molecule has 0 aromatic heterocycles. The van der Waals surface area contributed by atoms with E-state index in [0.717, 1.165) is 17.0 Å². The molecule has 2 aromatic carbocycles. The van der Waals surface area contributed by atoms with E-state index in [-0.39, 0.29) is 5.78 Å². The maximum atomic E-state index is 12.1. The number of carbonyl (C=O) groups is 1. The first-order valence-electron chi connectivity index (χ1n) is 6.90. The third-order valence-electron chi connectivity index (χ3n) is 3.20. The molecule has 0 N–H and O–H groups in total. The van der Waals surface area contributed by atoms with E-state index in [1.807, 2.05) is 37.3 Å². The molecule has 3 nitrogen and oxygen atoms in total. The highest BCUT2D eigenvalue weighted by atomic mass is 16.5. The summed E-state index contributed by atoms with van der Waals surface area (Å²) in [5.74, 6) is 0.827. The van der Waals surface area contributed by atoms with Crippen LogP contribution in [0.5, 0.6) is 5.75 Å². The molecule has 0 aliphatic heterocycles. The van der Waals surface area contributed by atoms with E-state index in [0.29, 0.717) is 18.5 Å². The molecule has 0 bridgehead atoms. The zero-order valence-corrected chi connectivity index (χ0v) is 12.4. The molecule has 0 atom stereocenters. The first kappa shape index (κ1) is 15.0. The second kappa shape index (κ2) is 7.39. The lowest BCUT2D eigenvalue weighted by Gasteiger charge is -2.03. The Balaban J connectivity index is 1.94. The van der Waals surface area contributed by atoms with Crippen LogP contribution in [0.1, 0.15) is 29.3 Å². The molecule has 2 aromatic rings. The number of benzene rings is 2. The number of hydrogen-bond donors (Lipinski definition) is 0. The van der Waals surface area contributed by atoms with E-state index in [1.165, 1.54) is 0 Å². The molecule has 0 heterocycles. The van der Waals surface area contributed by atoms with E-state index < -0.39 is 0 Å². The van der Waals surface area contributed by atoms with Crippen molar-refractivity contribution in [3.63, 3.8) is 0 Å². The van der Waals surface area contributed by atoms with Crippen molar-refractivity contribution < 1.29 is 9.53 Å². The van der Waals surface area contributed by atoms with Gasteiger partial charge in [-0.3, -0.25) is 9.79 Å². The van der Waals surface area contributed by atoms with Crippen LogP contribution in [-0.2, 0) is 6.54 Å². The lowest BCUT2D eigenvalue weighted by Crippen LogP contribution is -2.05. The molecule has 0 saturated heterocycles. The zero-order chi connectivity index (χ0) is 15.1. The van der Waals surface area contributed by atoms with Crippen LogP contribution in [0.2, 0.25) is 0 Å².